The third kappa shape index (κ3) is 6.78. The van der Waals surface area contributed by atoms with Gasteiger partial charge in [-0.1, -0.05) is 30.3 Å². The maximum absolute atomic E-state index is 5.42. The van der Waals surface area contributed by atoms with Crippen LogP contribution in [0.3, 0.4) is 0 Å². The summed E-state index contributed by atoms with van der Waals surface area (Å²) in [6.45, 7) is 2.11. The lowest BCUT2D eigenvalue weighted by Gasteiger charge is -2.12. The first-order chi connectivity index (χ1) is 15.3. The van der Waals surface area contributed by atoms with Crippen molar-refractivity contribution in [2.75, 3.05) is 20.2 Å². The number of aromatic nitrogens is 1. The number of nitrogens with zero attached hydrogens (tertiary/aromatic N) is 1. The standard InChI is InChI=1S/C25H28N4O2.HI/c1-30-22-10-8-19(9-11-22)18-28-25(27-15-13-23-6-4-16-31-23)26-14-12-21-17-20-5-2-3-7-24(20)29-21;/h2-11,16-17,29H,12-15,18H2,1H3,(H2,26,27,28);1H. The van der Waals surface area contributed by atoms with Crippen LogP contribution in [0.1, 0.15) is 17.0 Å². The van der Waals surface area contributed by atoms with Crippen LogP contribution in [0.15, 0.2) is 82.4 Å². The lowest BCUT2D eigenvalue weighted by atomic mass is 10.2. The number of hydrogen-bond donors (Lipinski definition) is 3. The second-order valence-corrected chi connectivity index (χ2v) is 7.33. The van der Waals surface area contributed by atoms with Gasteiger partial charge < -0.3 is 24.8 Å². The van der Waals surface area contributed by atoms with Crippen LogP contribution in [0.25, 0.3) is 10.9 Å². The normalized spacial score (nSPS) is 11.2. The highest BCUT2D eigenvalue weighted by Crippen LogP contribution is 2.15. The Bertz CT molecular complexity index is 1070. The minimum atomic E-state index is 0. The Morgan fingerprint density at radius 2 is 1.75 bits per heavy atom. The summed E-state index contributed by atoms with van der Waals surface area (Å²) in [6.07, 6.45) is 3.39. The van der Waals surface area contributed by atoms with E-state index in [1.807, 2.05) is 42.5 Å². The van der Waals surface area contributed by atoms with Gasteiger partial charge in [-0.25, -0.2) is 4.99 Å². The monoisotopic (exact) mass is 544 g/mol. The summed E-state index contributed by atoms with van der Waals surface area (Å²) in [5.74, 6) is 2.60. The van der Waals surface area contributed by atoms with Crippen LogP contribution in [0.4, 0.5) is 0 Å². The number of para-hydroxylation sites is 1. The Balaban J connectivity index is 0.00000289. The van der Waals surface area contributed by atoms with Crippen molar-refractivity contribution in [3.63, 3.8) is 0 Å². The van der Waals surface area contributed by atoms with Crippen molar-refractivity contribution in [2.24, 2.45) is 4.99 Å². The van der Waals surface area contributed by atoms with Gasteiger partial charge in [-0.3, -0.25) is 0 Å². The minimum Gasteiger partial charge on any atom is -0.497 e. The van der Waals surface area contributed by atoms with Gasteiger partial charge in [-0.15, -0.1) is 24.0 Å². The average molecular weight is 544 g/mol. The zero-order chi connectivity index (χ0) is 21.3. The van der Waals surface area contributed by atoms with Gasteiger partial charge in [0.1, 0.15) is 11.5 Å². The van der Waals surface area contributed by atoms with Crippen molar-refractivity contribution < 1.29 is 9.15 Å². The average Bonchev–Trinajstić information content (AvgIpc) is 3.47. The van der Waals surface area contributed by atoms with Gasteiger partial charge in [0.05, 0.1) is 19.9 Å². The van der Waals surface area contributed by atoms with E-state index in [2.05, 4.69) is 39.9 Å². The fourth-order valence-electron chi connectivity index (χ4n) is 3.42. The number of guanidine groups is 1. The van der Waals surface area contributed by atoms with E-state index in [1.54, 1.807) is 13.4 Å². The highest BCUT2D eigenvalue weighted by Gasteiger charge is 2.04. The van der Waals surface area contributed by atoms with Crippen LogP contribution in [0.5, 0.6) is 5.75 Å². The van der Waals surface area contributed by atoms with Crippen LogP contribution in [-0.4, -0.2) is 31.1 Å². The van der Waals surface area contributed by atoms with Crippen LogP contribution in [0, 0.1) is 0 Å². The highest BCUT2D eigenvalue weighted by molar-refractivity contribution is 14.0. The second-order valence-electron chi connectivity index (χ2n) is 7.33. The molecule has 2 heterocycles. The first-order valence-electron chi connectivity index (χ1n) is 10.5. The summed E-state index contributed by atoms with van der Waals surface area (Å²) in [4.78, 5) is 8.23. The molecule has 0 amide bonds. The molecule has 4 aromatic rings. The smallest absolute Gasteiger partial charge is 0.191 e. The molecule has 0 aliphatic rings. The fraction of sp³-hybridized carbons (Fsp3) is 0.240. The van der Waals surface area contributed by atoms with E-state index < -0.39 is 0 Å². The molecule has 0 radical (unpaired) electrons. The first-order valence-corrected chi connectivity index (χ1v) is 10.5. The molecule has 168 valence electrons. The number of fused-ring (bicyclic) bond motifs is 1. The van der Waals surface area contributed by atoms with Crippen molar-refractivity contribution in [1.82, 2.24) is 15.6 Å². The molecular weight excluding hydrogens is 515 g/mol. The number of aromatic amines is 1. The Morgan fingerprint density at radius 3 is 2.47 bits per heavy atom. The van der Waals surface area contributed by atoms with Gasteiger partial charge in [-0.2, -0.15) is 0 Å². The van der Waals surface area contributed by atoms with Gasteiger partial charge in [0, 0.05) is 37.1 Å². The molecule has 0 fully saturated rings. The van der Waals surface area contributed by atoms with E-state index in [1.165, 1.54) is 16.6 Å². The molecule has 0 saturated carbocycles. The topological polar surface area (TPSA) is 74.6 Å². The largest absolute Gasteiger partial charge is 0.497 e. The molecule has 0 saturated heterocycles. The Labute approximate surface area is 205 Å². The zero-order valence-corrected chi connectivity index (χ0v) is 20.5. The number of H-pyrrole nitrogens is 1. The number of nitrogens with one attached hydrogen (secondary N) is 3. The molecule has 4 rings (SSSR count). The number of halogens is 1. The van der Waals surface area contributed by atoms with Gasteiger partial charge >= 0.3 is 0 Å². The quantitative estimate of drug-likeness (QED) is 0.159. The number of rotatable bonds is 9. The van der Waals surface area contributed by atoms with E-state index >= 15 is 0 Å². The second kappa shape index (κ2) is 12.2. The van der Waals surface area contributed by atoms with Crippen molar-refractivity contribution in [1.29, 1.82) is 0 Å². The van der Waals surface area contributed by atoms with Gasteiger partial charge in [0.2, 0.25) is 0 Å². The number of hydrogen-bond acceptors (Lipinski definition) is 3. The zero-order valence-electron chi connectivity index (χ0n) is 18.1. The molecule has 0 aliphatic carbocycles. The number of benzene rings is 2. The summed E-state index contributed by atoms with van der Waals surface area (Å²) >= 11 is 0. The number of methoxy groups -OCH3 is 1. The van der Waals surface area contributed by atoms with Crippen molar-refractivity contribution >= 4 is 40.8 Å². The van der Waals surface area contributed by atoms with Crippen molar-refractivity contribution in [3.8, 4) is 5.75 Å². The third-order valence-corrected chi connectivity index (χ3v) is 5.10. The maximum atomic E-state index is 5.42. The van der Waals surface area contributed by atoms with E-state index in [4.69, 9.17) is 14.1 Å². The Kier molecular flexibility index (Phi) is 9.03. The molecular formula is C25H29IN4O2. The molecule has 0 spiro atoms. The molecule has 6 nitrogen and oxygen atoms in total. The van der Waals surface area contributed by atoms with Crippen molar-refractivity contribution in [2.45, 2.75) is 19.4 Å². The SMILES string of the molecule is COc1ccc(CN=C(NCCc2cc3ccccc3[nH]2)NCCc2ccco2)cc1.I. The molecule has 0 aliphatic heterocycles. The van der Waals surface area contributed by atoms with Crippen LogP contribution >= 0.6 is 24.0 Å². The van der Waals surface area contributed by atoms with Gasteiger partial charge in [0.25, 0.3) is 0 Å². The predicted octanol–water partition coefficient (Wildman–Crippen LogP) is 4.91. The summed E-state index contributed by atoms with van der Waals surface area (Å²) < 4.78 is 10.6. The molecule has 0 atom stereocenters. The molecule has 2 aromatic carbocycles. The minimum absolute atomic E-state index is 0. The van der Waals surface area contributed by atoms with E-state index in [0.717, 1.165) is 49.0 Å². The van der Waals surface area contributed by atoms with Gasteiger partial charge in [0.15, 0.2) is 5.96 Å². The number of furan rings is 1. The predicted molar refractivity (Wildman–Crippen MR) is 140 cm³/mol. The summed E-state index contributed by atoms with van der Waals surface area (Å²) in [5, 5.41) is 8.10. The van der Waals surface area contributed by atoms with Crippen LogP contribution in [0.2, 0.25) is 0 Å². The Morgan fingerprint density at radius 1 is 0.969 bits per heavy atom. The first kappa shape index (κ1) is 23.7. The highest BCUT2D eigenvalue weighted by atomic mass is 127. The Hall–Kier alpha value is -2.94. The maximum Gasteiger partial charge on any atom is 0.191 e. The van der Waals surface area contributed by atoms with E-state index in [0.29, 0.717) is 6.54 Å². The fourth-order valence-corrected chi connectivity index (χ4v) is 3.42. The summed E-state index contributed by atoms with van der Waals surface area (Å²) in [6, 6.07) is 22.4. The molecule has 0 unspecified atom stereocenters. The number of aliphatic imine (C=N–C) groups is 1. The lowest BCUT2D eigenvalue weighted by molar-refractivity contribution is 0.414. The molecule has 0 bridgehead atoms. The summed E-state index contributed by atoms with van der Waals surface area (Å²) in [7, 11) is 1.67. The number of ether oxygens (including phenoxy) is 1. The molecule has 3 N–H and O–H groups in total. The van der Waals surface area contributed by atoms with Crippen LogP contribution < -0.4 is 15.4 Å². The van der Waals surface area contributed by atoms with E-state index in [-0.39, 0.29) is 24.0 Å². The van der Waals surface area contributed by atoms with Crippen LogP contribution in [-0.2, 0) is 19.4 Å². The van der Waals surface area contributed by atoms with Crippen molar-refractivity contribution in [3.05, 3.63) is 90.0 Å². The molecule has 2 aromatic heterocycles. The van der Waals surface area contributed by atoms with Gasteiger partial charge in [-0.05, 0) is 47.3 Å². The van der Waals surface area contributed by atoms with E-state index in [9.17, 15) is 0 Å². The third-order valence-electron chi connectivity index (χ3n) is 5.10. The lowest BCUT2D eigenvalue weighted by Crippen LogP contribution is -2.39. The molecule has 32 heavy (non-hydrogen) atoms. The molecule has 7 heteroatoms. The summed E-state index contributed by atoms with van der Waals surface area (Å²) in [5.41, 5.74) is 3.50.